The van der Waals surface area contributed by atoms with Crippen molar-refractivity contribution in [3.63, 3.8) is 0 Å². The smallest absolute Gasteiger partial charge is 0.149 e. The van der Waals surface area contributed by atoms with Crippen LogP contribution in [0.1, 0.15) is 50.3 Å². The topological polar surface area (TPSA) is 38.0 Å². The lowest BCUT2D eigenvalue weighted by Crippen LogP contribution is -2.12. The van der Waals surface area contributed by atoms with E-state index in [1.165, 1.54) is 17.5 Å². The molecule has 37 heavy (non-hydrogen) atoms. The minimum absolute atomic E-state index is 0.0156. The molecular weight excluding hydrogens is 520 g/mol. The number of aromatic hydroxyl groups is 1. The van der Waals surface area contributed by atoms with Crippen LogP contribution >= 0.6 is 15.9 Å². The minimum Gasteiger partial charge on any atom is -0.507 e. The van der Waals surface area contributed by atoms with Gasteiger partial charge in [0.2, 0.25) is 0 Å². The van der Waals surface area contributed by atoms with Crippen LogP contribution in [0.4, 0.5) is 0 Å². The molecule has 4 aromatic carbocycles. The van der Waals surface area contributed by atoms with Crippen LogP contribution in [0.25, 0.3) is 39.2 Å². The second-order valence-corrected chi connectivity index (χ2v) is 11.9. The number of halogens is 1. The van der Waals surface area contributed by atoms with Gasteiger partial charge in [0.25, 0.3) is 0 Å². The van der Waals surface area contributed by atoms with E-state index in [0.29, 0.717) is 5.75 Å². The average Bonchev–Trinajstić information content (AvgIpc) is 3.29. The van der Waals surface area contributed by atoms with Crippen molar-refractivity contribution in [3.8, 4) is 34.0 Å². The van der Waals surface area contributed by atoms with Crippen molar-refractivity contribution in [1.82, 2.24) is 9.55 Å². The number of aryl methyl sites for hydroxylation is 1. The Balaban J connectivity index is 1.69. The van der Waals surface area contributed by atoms with Crippen molar-refractivity contribution in [2.75, 3.05) is 0 Å². The molecule has 1 aliphatic carbocycles. The zero-order valence-corrected chi connectivity index (χ0v) is 23.1. The van der Waals surface area contributed by atoms with Crippen LogP contribution in [-0.2, 0) is 18.3 Å². The highest BCUT2D eigenvalue weighted by molar-refractivity contribution is 9.10. The third-order valence-corrected chi connectivity index (χ3v) is 8.21. The van der Waals surface area contributed by atoms with Gasteiger partial charge in [-0.3, -0.25) is 4.57 Å². The first-order valence-corrected chi connectivity index (χ1v) is 13.8. The third-order valence-electron chi connectivity index (χ3n) is 7.57. The highest BCUT2D eigenvalue weighted by atomic mass is 79.9. The van der Waals surface area contributed by atoms with Gasteiger partial charge in [-0.15, -0.1) is 0 Å². The lowest BCUT2D eigenvalue weighted by molar-refractivity contribution is 0.463. The third kappa shape index (κ3) is 4.18. The molecule has 0 bridgehead atoms. The maximum absolute atomic E-state index is 11.5. The first kappa shape index (κ1) is 24.0. The monoisotopic (exact) mass is 550 g/mol. The zero-order valence-electron chi connectivity index (χ0n) is 21.6. The summed E-state index contributed by atoms with van der Waals surface area (Å²) < 4.78 is 3.16. The molecule has 0 unspecified atom stereocenters. The molecule has 4 heteroatoms. The van der Waals surface area contributed by atoms with Gasteiger partial charge in [-0.2, -0.15) is 0 Å². The number of aromatic nitrogens is 2. The molecule has 0 amide bonds. The van der Waals surface area contributed by atoms with Crippen molar-refractivity contribution >= 4 is 27.0 Å². The average molecular weight is 552 g/mol. The molecule has 5 aromatic rings. The van der Waals surface area contributed by atoms with E-state index in [9.17, 15) is 5.11 Å². The maximum atomic E-state index is 11.5. The van der Waals surface area contributed by atoms with E-state index >= 15 is 0 Å². The van der Waals surface area contributed by atoms with Crippen LogP contribution in [0.5, 0.6) is 5.75 Å². The number of para-hydroxylation sites is 1. The summed E-state index contributed by atoms with van der Waals surface area (Å²) in [6.07, 6.45) is 4.22. The number of phenolic OH excluding ortho intramolecular Hbond substituents is 1. The summed E-state index contributed by atoms with van der Waals surface area (Å²) in [6, 6.07) is 27.7. The molecule has 0 spiro atoms. The van der Waals surface area contributed by atoms with Crippen molar-refractivity contribution in [2.24, 2.45) is 0 Å². The van der Waals surface area contributed by atoms with E-state index < -0.39 is 0 Å². The number of fused-ring (bicyclic) bond motifs is 2. The normalized spacial score (nSPS) is 13.6. The molecule has 0 aliphatic heterocycles. The van der Waals surface area contributed by atoms with Gasteiger partial charge in [0.05, 0.1) is 16.8 Å². The van der Waals surface area contributed by atoms with Gasteiger partial charge in [-0.1, -0.05) is 69.3 Å². The van der Waals surface area contributed by atoms with Crippen molar-refractivity contribution in [1.29, 1.82) is 0 Å². The van der Waals surface area contributed by atoms with Crippen LogP contribution in [0, 0.1) is 0 Å². The van der Waals surface area contributed by atoms with Gasteiger partial charge in [0, 0.05) is 10.0 Å². The molecule has 186 valence electrons. The summed E-state index contributed by atoms with van der Waals surface area (Å²) in [4.78, 5) is 5.13. The first-order valence-electron chi connectivity index (χ1n) is 13.0. The van der Waals surface area contributed by atoms with E-state index in [1.54, 1.807) is 0 Å². The molecule has 0 radical (unpaired) electrons. The van der Waals surface area contributed by atoms with Crippen molar-refractivity contribution < 1.29 is 5.11 Å². The molecule has 6 rings (SSSR count). The van der Waals surface area contributed by atoms with Gasteiger partial charge < -0.3 is 5.11 Å². The van der Waals surface area contributed by atoms with E-state index in [0.717, 1.165) is 68.5 Å². The van der Waals surface area contributed by atoms with Crippen LogP contribution in [-0.4, -0.2) is 14.7 Å². The fourth-order valence-electron chi connectivity index (χ4n) is 5.53. The van der Waals surface area contributed by atoms with Crippen LogP contribution < -0.4 is 0 Å². The highest BCUT2D eigenvalue weighted by Crippen LogP contribution is 2.42. The molecule has 1 N–H and O–H groups in total. The van der Waals surface area contributed by atoms with Gasteiger partial charge in [0.1, 0.15) is 17.1 Å². The first-order chi connectivity index (χ1) is 17.8. The number of imidazole rings is 1. The number of hydrogen-bond donors (Lipinski definition) is 1. The number of nitrogens with zero attached hydrogens (tertiary/aromatic N) is 2. The molecule has 0 fully saturated rings. The van der Waals surface area contributed by atoms with E-state index in [2.05, 4.69) is 108 Å². The quantitative estimate of drug-likeness (QED) is 0.243. The number of hydrogen-bond acceptors (Lipinski definition) is 2. The Labute approximate surface area is 226 Å². The maximum Gasteiger partial charge on any atom is 0.149 e. The fraction of sp³-hybridized carbons (Fsp3) is 0.242. The summed E-state index contributed by atoms with van der Waals surface area (Å²) in [6.45, 7) is 6.74. The predicted molar refractivity (Wildman–Crippen MR) is 157 cm³/mol. The molecule has 0 saturated carbocycles. The van der Waals surface area contributed by atoms with Crippen molar-refractivity contribution in [3.05, 3.63) is 100 Å². The van der Waals surface area contributed by atoms with Gasteiger partial charge >= 0.3 is 0 Å². The summed E-state index contributed by atoms with van der Waals surface area (Å²) in [5, 5.41) is 11.5. The number of benzene rings is 4. The molecule has 1 aromatic heterocycles. The number of phenols is 1. The summed E-state index contributed by atoms with van der Waals surface area (Å²) >= 11 is 3.73. The molecule has 1 aliphatic rings. The lowest BCUT2D eigenvalue weighted by Gasteiger charge is -2.23. The molecule has 3 nitrogen and oxygen atoms in total. The van der Waals surface area contributed by atoms with E-state index in [4.69, 9.17) is 4.98 Å². The van der Waals surface area contributed by atoms with E-state index in [-0.39, 0.29) is 5.41 Å². The standard InChI is InChI=1S/C33H31BrN2O/c1-33(2,3)23-17-19-28(26(20-23)21-10-5-4-6-11-21)36-29-15-9-14-27(34)30(29)35-32(36)25-18-16-22-12-7-8-13-24(22)31(25)37/h4-6,9-11,14-20,37H,7-8,12-13H2,1-3H3. The lowest BCUT2D eigenvalue weighted by atomic mass is 9.85. The van der Waals surface area contributed by atoms with Gasteiger partial charge in [-0.05, 0) is 99.6 Å². The molecule has 1 heterocycles. The second-order valence-electron chi connectivity index (χ2n) is 11.0. The summed E-state index contributed by atoms with van der Waals surface area (Å²) in [5.41, 5.74) is 9.64. The molecule has 0 saturated heterocycles. The van der Waals surface area contributed by atoms with Gasteiger partial charge in [0.15, 0.2) is 0 Å². The van der Waals surface area contributed by atoms with Gasteiger partial charge in [-0.25, -0.2) is 4.98 Å². The largest absolute Gasteiger partial charge is 0.507 e. The van der Waals surface area contributed by atoms with Crippen molar-refractivity contribution in [2.45, 2.75) is 51.9 Å². The van der Waals surface area contributed by atoms with Crippen LogP contribution in [0.15, 0.2) is 83.3 Å². The van der Waals surface area contributed by atoms with Crippen LogP contribution in [0.3, 0.4) is 0 Å². The number of rotatable bonds is 3. The predicted octanol–water partition coefficient (Wildman–Crippen LogP) is 9.00. The summed E-state index contributed by atoms with van der Waals surface area (Å²) in [5.74, 6) is 1.13. The zero-order chi connectivity index (χ0) is 25.7. The second kappa shape index (κ2) is 9.18. The Morgan fingerprint density at radius 3 is 2.41 bits per heavy atom. The Bertz CT molecular complexity index is 1630. The highest BCUT2D eigenvalue weighted by Gasteiger charge is 2.25. The Kier molecular flexibility index (Phi) is 5.95. The minimum atomic E-state index is 0.0156. The molecular formula is C33H31BrN2O. The Hall–Kier alpha value is -3.37. The Morgan fingerprint density at radius 2 is 1.62 bits per heavy atom. The Morgan fingerprint density at radius 1 is 0.838 bits per heavy atom. The SMILES string of the molecule is CC(C)(C)c1ccc(-n2c(-c3ccc4c(c3O)CCCC4)nc3c(Br)cccc32)c(-c2ccccc2)c1. The summed E-state index contributed by atoms with van der Waals surface area (Å²) in [7, 11) is 0. The van der Waals surface area contributed by atoms with E-state index in [1.807, 2.05) is 12.1 Å². The molecule has 0 atom stereocenters. The van der Waals surface area contributed by atoms with Crippen LogP contribution in [0.2, 0.25) is 0 Å². The fourth-order valence-corrected chi connectivity index (χ4v) is 5.97.